The lowest BCUT2D eigenvalue weighted by Gasteiger charge is -2.34. The predicted octanol–water partition coefficient (Wildman–Crippen LogP) is 2.30. The molecule has 0 saturated carbocycles. The Bertz CT molecular complexity index is 859. The van der Waals surface area contributed by atoms with Gasteiger partial charge in [0.1, 0.15) is 0 Å². The minimum absolute atomic E-state index is 0.0386. The number of morpholine rings is 1. The van der Waals surface area contributed by atoms with Crippen molar-refractivity contribution in [1.29, 1.82) is 0 Å². The van der Waals surface area contributed by atoms with E-state index in [2.05, 4.69) is 19.2 Å². The minimum Gasteiger partial charge on any atom is -0.493 e. The maximum Gasteiger partial charge on any atom is 0.244 e. The second-order valence-corrected chi connectivity index (χ2v) is 10.2. The molecule has 1 aromatic carbocycles. The Morgan fingerprint density at radius 2 is 1.94 bits per heavy atom. The van der Waals surface area contributed by atoms with Crippen molar-refractivity contribution in [3.63, 3.8) is 0 Å². The molecule has 1 aliphatic heterocycles. The fourth-order valence-corrected chi connectivity index (χ4v) is 4.68. The third-order valence-electron chi connectivity index (χ3n) is 4.63. The Labute approximate surface area is 185 Å². The van der Waals surface area contributed by atoms with Gasteiger partial charge >= 0.3 is 0 Å². The van der Waals surface area contributed by atoms with E-state index in [0.717, 1.165) is 5.56 Å². The van der Waals surface area contributed by atoms with Gasteiger partial charge in [0.2, 0.25) is 15.9 Å². The molecule has 2 rings (SSSR count). The van der Waals surface area contributed by atoms with E-state index >= 15 is 0 Å². The summed E-state index contributed by atoms with van der Waals surface area (Å²) in [6.45, 7) is 9.12. The molecule has 0 spiro atoms. The second-order valence-electron chi connectivity index (χ2n) is 8.13. The van der Waals surface area contributed by atoms with Gasteiger partial charge in [-0.1, -0.05) is 19.9 Å². The number of nitrogens with one attached hydrogen (secondary N) is 1. The monoisotopic (exact) mass is 454 g/mol. The Morgan fingerprint density at radius 1 is 1.26 bits per heavy atom. The molecule has 1 amide bonds. The first-order valence-electron chi connectivity index (χ1n) is 10.5. The largest absolute Gasteiger partial charge is 0.493 e. The third kappa shape index (κ3) is 8.16. The van der Waals surface area contributed by atoms with Gasteiger partial charge in [-0.3, -0.25) is 4.79 Å². The van der Waals surface area contributed by atoms with Gasteiger partial charge in [-0.05, 0) is 43.5 Å². The standard InChI is InChI=1S/C22H34N2O6S/c1-16(2)15-29-20-8-6-19(12-21(20)28-5)7-9-22(25)23-10-11-31(26,27)24-13-17(3)30-18(4)14-24/h6-9,12,16-18H,10-11,13-15H2,1-5H3,(H,23,25)/b9-7+. The quantitative estimate of drug-likeness (QED) is 0.545. The molecular formula is C22H34N2O6S. The van der Waals surface area contributed by atoms with Crippen molar-refractivity contribution in [2.24, 2.45) is 5.92 Å². The molecule has 0 radical (unpaired) electrons. The van der Waals surface area contributed by atoms with Crippen LogP contribution >= 0.6 is 0 Å². The van der Waals surface area contributed by atoms with E-state index in [4.69, 9.17) is 14.2 Å². The average molecular weight is 455 g/mol. The number of methoxy groups -OCH3 is 1. The molecule has 1 saturated heterocycles. The summed E-state index contributed by atoms with van der Waals surface area (Å²) in [5, 5.41) is 2.62. The first kappa shape index (κ1) is 25.2. The number of sulfonamides is 1. The molecule has 1 heterocycles. The van der Waals surface area contributed by atoms with Crippen molar-refractivity contribution in [3.8, 4) is 11.5 Å². The molecule has 2 atom stereocenters. The molecule has 2 unspecified atom stereocenters. The zero-order valence-corrected chi connectivity index (χ0v) is 19.8. The number of carbonyl (C=O) groups is 1. The van der Waals surface area contributed by atoms with E-state index in [9.17, 15) is 13.2 Å². The molecular weight excluding hydrogens is 420 g/mol. The molecule has 0 aromatic heterocycles. The smallest absolute Gasteiger partial charge is 0.244 e. The van der Waals surface area contributed by atoms with Crippen LogP contribution in [0.5, 0.6) is 11.5 Å². The lowest BCUT2D eigenvalue weighted by Crippen LogP contribution is -2.49. The number of hydrogen-bond donors (Lipinski definition) is 1. The fourth-order valence-electron chi connectivity index (χ4n) is 3.18. The lowest BCUT2D eigenvalue weighted by molar-refractivity contribution is -0.116. The zero-order valence-electron chi connectivity index (χ0n) is 19.0. The number of ether oxygens (including phenoxy) is 3. The van der Waals surface area contributed by atoms with Crippen molar-refractivity contribution in [1.82, 2.24) is 9.62 Å². The van der Waals surface area contributed by atoms with E-state index in [0.29, 0.717) is 37.1 Å². The molecule has 8 nitrogen and oxygen atoms in total. The van der Waals surface area contributed by atoms with Crippen LogP contribution in [-0.4, -0.2) is 69.9 Å². The average Bonchev–Trinajstić information content (AvgIpc) is 2.70. The third-order valence-corrected chi connectivity index (χ3v) is 6.43. The van der Waals surface area contributed by atoms with E-state index in [-0.39, 0.29) is 30.4 Å². The number of nitrogens with zero attached hydrogens (tertiary/aromatic N) is 1. The first-order valence-corrected chi connectivity index (χ1v) is 12.1. The van der Waals surface area contributed by atoms with E-state index < -0.39 is 10.0 Å². The number of carbonyl (C=O) groups excluding carboxylic acids is 1. The molecule has 1 aliphatic rings. The van der Waals surface area contributed by atoms with E-state index in [1.807, 2.05) is 19.9 Å². The van der Waals surface area contributed by atoms with Crippen LogP contribution in [0.2, 0.25) is 0 Å². The summed E-state index contributed by atoms with van der Waals surface area (Å²) in [4.78, 5) is 12.1. The highest BCUT2D eigenvalue weighted by Crippen LogP contribution is 2.29. The molecule has 1 N–H and O–H groups in total. The van der Waals surface area contributed by atoms with Gasteiger partial charge in [-0.15, -0.1) is 0 Å². The summed E-state index contributed by atoms with van der Waals surface area (Å²) in [7, 11) is -1.89. The SMILES string of the molecule is COc1cc(/C=C/C(=O)NCCS(=O)(=O)N2CC(C)OC(C)C2)ccc1OCC(C)C. The summed E-state index contributed by atoms with van der Waals surface area (Å²) in [6.07, 6.45) is 2.73. The normalized spacial score (nSPS) is 20.2. The van der Waals surface area contributed by atoms with Crippen LogP contribution in [0.25, 0.3) is 6.08 Å². The van der Waals surface area contributed by atoms with Crippen LogP contribution < -0.4 is 14.8 Å². The van der Waals surface area contributed by atoms with Crippen molar-refractivity contribution >= 4 is 22.0 Å². The van der Waals surface area contributed by atoms with Gasteiger partial charge in [0, 0.05) is 25.7 Å². The van der Waals surface area contributed by atoms with Gasteiger partial charge in [0.25, 0.3) is 0 Å². The highest BCUT2D eigenvalue weighted by Gasteiger charge is 2.30. The number of benzene rings is 1. The predicted molar refractivity (Wildman–Crippen MR) is 121 cm³/mol. The molecule has 1 fully saturated rings. The van der Waals surface area contributed by atoms with Gasteiger partial charge in [0.05, 0.1) is 31.7 Å². The summed E-state index contributed by atoms with van der Waals surface area (Å²) >= 11 is 0. The van der Waals surface area contributed by atoms with Gasteiger partial charge in [-0.25, -0.2) is 8.42 Å². The van der Waals surface area contributed by atoms with Crippen LogP contribution in [0.3, 0.4) is 0 Å². The molecule has 0 bridgehead atoms. The maximum atomic E-state index is 12.5. The highest BCUT2D eigenvalue weighted by atomic mass is 32.2. The lowest BCUT2D eigenvalue weighted by atomic mass is 10.2. The first-order chi connectivity index (χ1) is 14.6. The molecule has 1 aromatic rings. The Kier molecular flexibility index (Phi) is 9.33. The second kappa shape index (κ2) is 11.5. The Hall–Kier alpha value is -2.10. The number of rotatable bonds is 10. The maximum absolute atomic E-state index is 12.5. The van der Waals surface area contributed by atoms with Gasteiger partial charge < -0.3 is 19.5 Å². The summed E-state index contributed by atoms with van der Waals surface area (Å²) in [5.74, 6) is 1.12. The minimum atomic E-state index is -3.45. The Morgan fingerprint density at radius 3 is 2.55 bits per heavy atom. The highest BCUT2D eigenvalue weighted by molar-refractivity contribution is 7.89. The van der Waals surface area contributed by atoms with Crippen molar-refractivity contribution in [3.05, 3.63) is 29.8 Å². The fraction of sp³-hybridized carbons (Fsp3) is 0.591. The van der Waals surface area contributed by atoms with Crippen molar-refractivity contribution in [2.45, 2.75) is 39.9 Å². The van der Waals surface area contributed by atoms with Crippen molar-refractivity contribution < 1.29 is 27.4 Å². The van der Waals surface area contributed by atoms with E-state index in [1.165, 1.54) is 10.4 Å². The van der Waals surface area contributed by atoms with E-state index in [1.54, 1.807) is 25.3 Å². The van der Waals surface area contributed by atoms with Crippen molar-refractivity contribution in [2.75, 3.05) is 39.1 Å². The topological polar surface area (TPSA) is 94.2 Å². The summed E-state index contributed by atoms with van der Waals surface area (Å²) in [5.41, 5.74) is 0.771. The zero-order chi connectivity index (χ0) is 23.0. The molecule has 174 valence electrons. The van der Waals surface area contributed by atoms with Crippen LogP contribution in [0, 0.1) is 5.92 Å². The van der Waals surface area contributed by atoms with Gasteiger partial charge in [-0.2, -0.15) is 4.31 Å². The van der Waals surface area contributed by atoms with Crippen LogP contribution in [0.15, 0.2) is 24.3 Å². The number of amides is 1. The summed E-state index contributed by atoms with van der Waals surface area (Å²) in [6, 6.07) is 5.41. The molecule has 0 aliphatic carbocycles. The van der Waals surface area contributed by atoms with Gasteiger partial charge in [0.15, 0.2) is 11.5 Å². The Balaban J connectivity index is 1.86. The summed E-state index contributed by atoms with van der Waals surface area (Å²) < 4.78 is 43.1. The van der Waals surface area contributed by atoms with Crippen LogP contribution in [0.4, 0.5) is 0 Å². The number of hydrogen-bond acceptors (Lipinski definition) is 6. The van der Waals surface area contributed by atoms with Crippen LogP contribution in [0.1, 0.15) is 33.3 Å². The molecule has 9 heteroatoms. The molecule has 31 heavy (non-hydrogen) atoms. The van der Waals surface area contributed by atoms with Crippen LogP contribution in [-0.2, 0) is 19.6 Å².